The summed E-state index contributed by atoms with van der Waals surface area (Å²) in [5.41, 5.74) is 1.97. The summed E-state index contributed by atoms with van der Waals surface area (Å²) in [7, 11) is 0. The number of aliphatic hydroxyl groups excluding tert-OH is 1. The first-order valence-corrected chi connectivity index (χ1v) is 9.73. The molecule has 148 valence electrons. The fourth-order valence-electron chi connectivity index (χ4n) is 2.97. The smallest absolute Gasteiger partial charge is 0.250 e. The van der Waals surface area contributed by atoms with Crippen molar-refractivity contribution in [3.63, 3.8) is 0 Å². The molecule has 1 saturated heterocycles. The number of aliphatic hydroxyl groups is 1. The maximum Gasteiger partial charge on any atom is 0.250 e. The Morgan fingerprint density at radius 2 is 2.11 bits per heavy atom. The predicted octanol–water partition coefficient (Wildman–Crippen LogP) is 4.25. The van der Waals surface area contributed by atoms with E-state index in [0.29, 0.717) is 37.1 Å². The van der Waals surface area contributed by atoms with Crippen molar-refractivity contribution in [3.8, 4) is 11.8 Å². The number of hydrogen-bond acceptors (Lipinski definition) is 2. The first-order valence-electron chi connectivity index (χ1n) is 9.73. The minimum Gasteiger partial charge on any atom is -0.393 e. The Morgan fingerprint density at radius 1 is 1.39 bits per heavy atom. The zero-order valence-corrected chi connectivity index (χ0v) is 16.6. The molecule has 0 bridgehead atoms. The Kier molecular flexibility index (Phi) is 8.22. The van der Waals surface area contributed by atoms with Crippen LogP contribution in [0.4, 0.5) is 4.39 Å². The average Bonchev–Trinajstić information content (AvgIpc) is 2.70. The van der Waals surface area contributed by atoms with E-state index in [0.717, 1.165) is 12.0 Å². The third-order valence-corrected chi connectivity index (χ3v) is 4.98. The number of halogens is 1. The summed E-state index contributed by atoms with van der Waals surface area (Å²) in [4.78, 5) is 14.8. The van der Waals surface area contributed by atoms with Gasteiger partial charge in [-0.05, 0) is 49.5 Å². The van der Waals surface area contributed by atoms with Gasteiger partial charge in [0, 0.05) is 29.8 Å². The topological polar surface area (TPSA) is 40.5 Å². The molecule has 1 aliphatic rings. The van der Waals surface area contributed by atoms with Crippen LogP contribution in [-0.2, 0) is 4.79 Å². The molecular formula is C24H28FNO2. The molecule has 1 aliphatic heterocycles. The standard InChI is InChI=1S/C24H28FNO2/c1-4-18(3)23(24(28)26-15-13-22(27)14-16-26)12-11-19(5-2)9-10-20-7-6-8-21(25)17-20/h5-8,11-12,17-18,22,27H,2,4,13-16H2,1,3H3. The highest BCUT2D eigenvalue weighted by Crippen LogP contribution is 2.21. The molecule has 0 spiro atoms. The molecule has 2 rings (SSSR count). The van der Waals surface area contributed by atoms with Crippen LogP contribution in [0.2, 0.25) is 0 Å². The molecule has 1 amide bonds. The molecule has 1 aromatic rings. The quantitative estimate of drug-likeness (QED) is 0.471. The van der Waals surface area contributed by atoms with Crippen LogP contribution < -0.4 is 0 Å². The Balaban J connectivity index is 2.24. The fourth-order valence-corrected chi connectivity index (χ4v) is 2.97. The van der Waals surface area contributed by atoms with E-state index in [-0.39, 0.29) is 23.7 Å². The summed E-state index contributed by atoms with van der Waals surface area (Å²) in [6.07, 6.45) is 7.00. The van der Waals surface area contributed by atoms with Gasteiger partial charge in [0.1, 0.15) is 5.82 Å². The molecule has 0 saturated carbocycles. The zero-order valence-electron chi connectivity index (χ0n) is 16.6. The van der Waals surface area contributed by atoms with Gasteiger partial charge < -0.3 is 10.0 Å². The van der Waals surface area contributed by atoms with E-state index >= 15 is 0 Å². The second-order valence-electron chi connectivity index (χ2n) is 7.04. The maximum absolute atomic E-state index is 13.3. The van der Waals surface area contributed by atoms with Crippen LogP contribution in [0.25, 0.3) is 0 Å². The molecule has 0 aliphatic carbocycles. The van der Waals surface area contributed by atoms with Crippen molar-refractivity contribution in [2.24, 2.45) is 5.92 Å². The first-order chi connectivity index (χ1) is 13.4. The van der Waals surface area contributed by atoms with Crippen LogP contribution in [0.15, 0.2) is 60.2 Å². The van der Waals surface area contributed by atoms with Crippen LogP contribution >= 0.6 is 0 Å². The molecule has 0 aromatic heterocycles. The van der Waals surface area contributed by atoms with Crippen molar-refractivity contribution < 1.29 is 14.3 Å². The molecule has 3 nitrogen and oxygen atoms in total. The van der Waals surface area contributed by atoms with Gasteiger partial charge in [0.2, 0.25) is 5.91 Å². The number of likely N-dealkylation sites (tertiary alicyclic amines) is 1. The summed E-state index contributed by atoms with van der Waals surface area (Å²) in [6.45, 7) is 9.01. The molecule has 1 heterocycles. The van der Waals surface area contributed by atoms with E-state index in [1.54, 1.807) is 24.3 Å². The second-order valence-corrected chi connectivity index (χ2v) is 7.04. The Bertz CT molecular complexity index is 820. The fraction of sp³-hybridized carbons (Fsp3) is 0.375. The van der Waals surface area contributed by atoms with Gasteiger partial charge in [-0.3, -0.25) is 4.79 Å². The van der Waals surface area contributed by atoms with Crippen LogP contribution in [0.1, 0.15) is 38.7 Å². The lowest BCUT2D eigenvalue weighted by Crippen LogP contribution is -2.41. The molecular weight excluding hydrogens is 353 g/mol. The lowest BCUT2D eigenvalue weighted by atomic mass is 9.95. The number of nitrogens with zero attached hydrogens (tertiary/aromatic N) is 1. The van der Waals surface area contributed by atoms with Gasteiger partial charge in [0.05, 0.1) is 6.10 Å². The minimum atomic E-state index is -0.327. The number of piperidine rings is 1. The van der Waals surface area contributed by atoms with Gasteiger partial charge >= 0.3 is 0 Å². The molecule has 1 aromatic carbocycles. The van der Waals surface area contributed by atoms with E-state index in [9.17, 15) is 14.3 Å². The van der Waals surface area contributed by atoms with Gasteiger partial charge in [-0.2, -0.15) is 0 Å². The summed E-state index contributed by atoms with van der Waals surface area (Å²) in [5.74, 6) is 5.69. The van der Waals surface area contributed by atoms with Gasteiger partial charge in [-0.15, -0.1) is 0 Å². The van der Waals surface area contributed by atoms with Crippen molar-refractivity contribution >= 4 is 5.91 Å². The lowest BCUT2D eigenvalue weighted by Gasteiger charge is -2.31. The van der Waals surface area contributed by atoms with Crippen LogP contribution in [0.3, 0.4) is 0 Å². The van der Waals surface area contributed by atoms with Crippen LogP contribution in [0, 0.1) is 23.6 Å². The molecule has 1 unspecified atom stereocenters. The van der Waals surface area contributed by atoms with Gasteiger partial charge in [0.15, 0.2) is 0 Å². The van der Waals surface area contributed by atoms with Crippen molar-refractivity contribution in [3.05, 3.63) is 71.6 Å². The minimum absolute atomic E-state index is 0.0130. The second kappa shape index (κ2) is 10.6. The predicted molar refractivity (Wildman–Crippen MR) is 111 cm³/mol. The summed E-state index contributed by atoms with van der Waals surface area (Å²) in [6, 6.07) is 6.11. The van der Waals surface area contributed by atoms with Gasteiger partial charge in [-0.1, -0.05) is 50.5 Å². The van der Waals surface area contributed by atoms with Crippen molar-refractivity contribution in [2.45, 2.75) is 39.2 Å². The first kappa shape index (κ1) is 21.7. The van der Waals surface area contributed by atoms with E-state index in [2.05, 4.69) is 18.4 Å². The van der Waals surface area contributed by atoms with E-state index in [1.165, 1.54) is 12.1 Å². The van der Waals surface area contributed by atoms with E-state index in [1.807, 2.05) is 24.8 Å². The summed E-state index contributed by atoms with van der Waals surface area (Å²) < 4.78 is 13.3. The van der Waals surface area contributed by atoms with Crippen molar-refractivity contribution in [1.29, 1.82) is 0 Å². The number of hydrogen-bond donors (Lipinski definition) is 1. The van der Waals surface area contributed by atoms with Gasteiger partial charge in [0.25, 0.3) is 0 Å². The highest BCUT2D eigenvalue weighted by Gasteiger charge is 2.25. The number of rotatable bonds is 5. The highest BCUT2D eigenvalue weighted by atomic mass is 19.1. The molecule has 1 atom stereocenters. The highest BCUT2D eigenvalue weighted by molar-refractivity contribution is 5.94. The SMILES string of the molecule is C=CC(C#Cc1cccc(F)c1)=CC=C(C(=O)N1CCC(O)CC1)C(C)CC. The molecule has 1 fully saturated rings. The normalized spacial score (nSPS) is 16.9. The van der Waals surface area contributed by atoms with Crippen molar-refractivity contribution in [2.75, 3.05) is 13.1 Å². The largest absolute Gasteiger partial charge is 0.393 e. The molecule has 4 heteroatoms. The van der Waals surface area contributed by atoms with E-state index < -0.39 is 0 Å². The Hall–Kier alpha value is -2.64. The zero-order chi connectivity index (χ0) is 20.5. The van der Waals surface area contributed by atoms with Crippen LogP contribution in [-0.4, -0.2) is 35.1 Å². The number of allylic oxidation sites excluding steroid dienone is 4. The van der Waals surface area contributed by atoms with Crippen LogP contribution in [0.5, 0.6) is 0 Å². The number of carbonyl (C=O) groups excluding carboxylic acids is 1. The number of amides is 1. The average molecular weight is 381 g/mol. The lowest BCUT2D eigenvalue weighted by molar-refractivity contribution is -0.129. The van der Waals surface area contributed by atoms with Gasteiger partial charge in [-0.25, -0.2) is 4.39 Å². The maximum atomic E-state index is 13.3. The third kappa shape index (κ3) is 6.21. The molecule has 1 N–H and O–H groups in total. The molecule has 0 radical (unpaired) electrons. The monoisotopic (exact) mass is 381 g/mol. The third-order valence-electron chi connectivity index (χ3n) is 4.98. The summed E-state index contributed by atoms with van der Waals surface area (Å²) in [5, 5.41) is 9.67. The number of benzene rings is 1. The molecule has 28 heavy (non-hydrogen) atoms. The Labute approximate surface area is 167 Å². The van der Waals surface area contributed by atoms with Crippen molar-refractivity contribution in [1.82, 2.24) is 4.90 Å². The summed E-state index contributed by atoms with van der Waals surface area (Å²) >= 11 is 0. The Morgan fingerprint density at radius 3 is 2.71 bits per heavy atom. The number of carbonyl (C=O) groups is 1. The van der Waals surface area contributed by atoms with E-state index in [4.69, 9.17) is 0 Å².